The van der Waals surface area contributed by atoms with E-state index in [9.17, 15) is 14.0 Å². The van der Waals surface area contributed by atoms with Crippen LogP contribution >= 0.6 is 22.9 Å². The molecule has 0 unspecified atom stereocenters. The SMILES string of the molecule is CCOC(=O)c1cn(CC)c2cc(-c3nc(CCl)cs3)c(F)cc2c1=O. The fourth-order valence-corrected chi connectivity index (χ4v) is 3.75. The van der Waals surface area contributed by atoms with Crippen molar-refractivity contribution in [2.24, 2.45) is 0 Å². The zero-order valence-electron chi connectivity index (χ0n) is 14.2. The number of aryl methyl sites for hydroxylation is 1. The molecule has 0 N–H and O–H groups in total. The number of carbonyl (C=O) groups excluding carboxylic acids is 1. The van der Waals surface area contributed by atoms with Gasteiger partial charge in [-0.25, -0.2) is 14.2 Å². The minimum absolute atomic E-state index is 0.105. The van der Waals surface area contributed by atoms with Crippen molar-refractivity contribution in [3.63, 3.8) is 0 Å². The van der Waals surface area contributed by atoms with Crippen molar-refractivity contribution in [3.05, 3.63) is 51.0 Å². The molecule has 8 heteroatoms. The summed E-state index contributed by atoms with van der Waals surface area (Å²) in [7, 11) is 0. The molecule has 2 aromatic heterocycles. The number of aromatic nitrogens is 2. The highest BCUT2D eigenvalue weighted by molar-refractivity contribution is 7.13. The second kappa shape index (κ2) is 7.55. The summed E-state index contributed by atoms with van der Waals surface area (Å²) >= 11 is 7.05. The normalized spacial score (nSPS) is 11.1. The summed E-state index contributed by atoms with van der Waals surface area (Å²) in [5, 5.41) is 2.39. The molecule has 5 nitrogen and oxygen atoms in total. The first-order valence-corrected chi connectivity index (χ1v) is 9.46. The Hall–Kier alpha value is -2.25. The van der Waals surface area contributed by atoms with Crippen LogP contribution in [0.25, 0.3) is 21.5 Å². The topological polar surface area (TPSA) is 61.2 Å². The smallest absolute Gasteiger partial charge is 0.343 e. The van der Waals surface area contributed by atoms with Gasteiger partial charge in [0.1, 0.15) is 16.4 Å². The summed E-state index contributed by atoms with van der Waals surface area (Å²) in [4.78, 5) is 29.0. The Bertz CT molecular complexity index is 1040. The molecule has 0 aliphatic heterocycles. The molecule has 0 saturated carbocycles. The fourth-order valence-electron chi connectivity index (χ4n) is 2.68. The summed E-state index contributed by atoms with van der Waals surface area (Å²) in [6.07, 6.45) is 1.45. The van der Waals surface area contributed by atoms with E-state index < -0.39 is 17.2 Å². The second-order valence-corrected chi connectivity index (χ2v) is 6.63. The van der Waals surface area contributed by atoms with Crippen molar-refractivity contribution in [2.45, 2.75) is 26.3 Å². The number of nitrogens with zero attached hydrogens (tertiary/aromatic N) is 2. The van der Waals surface area contributed by atoms with Gasteiger partial charge in [0.15, 0.2) is 0 Å². The molecule has 3 aromatic rings. The molecule has 1 aromatic carbocycles. The zero-order valence-corrected chi connectivity index (χ0v) is 15.8. The molecule has 0 fully saturated rings. The molecule has 0 radical (unpaired) electrons. The van der Waals surface area contributed by atoms with Gasteiger partial charge in [0.25, 0.3) is 0 Å². The molecule has 0 atom stereocenters. The number of halogens is 2. The summed E-state index contributed by atoms with van der Waals surface area (Å²) in [6.45, 7) is 4.19. The van der Waals surface area contributed by atoms with Gasteiger partial charge in [-0.15, -0.1) is 22.9 Å². The van der Waals surface area contributed by atoms with Crippen molar-refractivity contribution < 1.29 is 13.9 Å². The maximum absolute atomic E-state index is 14.7. The van der Waals surface area contributed by atoms with E-state index in [4.69, 9.17) is 16.3 Å². The maximum Gasteiger partial charge on any atom is 0.343 e. The minimum Gasteiger partial charge on any atom is -0.462 e. The Balaban J connectivity index is 2.25. The molecular formula is C18H16ClFN2O3S. The van der Waals surface area contributed by atoms with Crippen LogP contribution in [0.3, 0.4) is 0 Å². The number of carbonyl (C=O) groups is 1. The Morgan fingerprint density at radius 3 is 2.77 bits per heavy atom. The highest BCUT2D eigenvalue weighted by atomic mass is 35.5. The molecule has 26 heavy (non-hydrogen) atoms. The monoisotopic (exact) mass is 394 g/mol. The van der Waals surface area contributed by atoms with Crippen molar-refractivity contribution in [2.75, 3.05) is 6.61 Å². The van der Waals surface area contributed by atoms with Crippen molar-refractivity contribution in [3.8, 4) is 10.6 Å². The first-order chi connectivity index (χ1) is 12.5. The van der Waals surface area contributed by atoms with E-state index in [2.05, 4.69) is 4.98 Å². The highest BCUT2D eigenvalue weighted by Gasteiger charge is 2.19. The molecule has 0 aliphatic rings. The predicted octanol–water partition coefficient (Wildman–Crippen LogP) is 4.20. The Morgan fingerprint density at radius 2 is 2.15 bits per heavy atom. The number of rotatable bonds is 5. The van der Waals surface area contributed by atoms with E-state index >= 15 is 0 Å². The summed E-state index contributed by atoms with van der Waals surface area (Å²) in [5.74, 6) is -1.04. The summed E-state index contributed by atoms with van der Waals surface area (Å²) < 4.78 is 21.3. The third kappa shape index (κ3) is 3.24. The third-order valence-electron chi connectivity index (χ3n) is 3.92. The lowest BCUT2D eigenvalue weighted by molar-refractivity contribution is 0.0524. The number of esters is 1. The van der Waals surface area contributed by atoms with Crippen LogP contribution in [-0.2, 0) is 17.2 Å². The van der Waals surface area contributed by atoms with Gasteiger partial charge in [0.05, 0.1) is 23.7 Å². The van der Waals surface area contributed by atoms with E-state index in [1.807, 2.05) is 6.92 Å². The number of benzene rings is 1. The number of pyridine rings is 1. The standard InChI is InChI=1S/C18H16ClFN2O3S/c1-3-22-8-13(18(24)25-4-2)16(23)12-5-14(20)11(6-15(12)22)17-21-10(7-19)9-26-17/h5-6,8-9H,3-4,7H2,1-2H3. The van der Waals surface area contributed by atoms with E-state index in [0.29, 0.717) is 28.3 Å². The Kier molecular flexibility index (Phi) is 5.38. The fraction of sp³-hybridized carbons (Fsp3) is 0.278. The van der Waals surface area contributed by atoms with Crippen LogP contribution in [0.4, 0.5) is 4.39 Å². The van der Waals surface area contributed by atoms with E-state index in [0.717, 1.165) is 6.07 Å². The van der Waals surface area contributed by atoms with Crippen molar-refractivity contribution in [1.82, 2.24) is 9.55 Å². The Morgan fingerprint density at radius 1 is 1.38 bits per heavy atom. The average Bonchev–Trinajstić information content (AvgIpc) is 3.11. The molecule has 3 rings (SSSR count). The lowest BCUT2D eigenvalue weighted by atomic mass is 10.1. The molecule has 0 bridgehead atoms. The van der Waals surface area contributed by atoms with Gasteiger partial charge >= 0.3 is 5.97 Å². The lowest BCUT2D eigenvalue weighted by Crippen LogP contribution is -2.21. The molecule has 2 heterocycles. The number of thiazole rings is 1. The molecule has 0 saturated heterocycles. The quantitative estimate of drug-likeness (QED) is 0.480. The van der Waals surface area contributed by atoms with Crippen LogP contribution in [0.1, 0.15) is 29.9 Å². The van der Waals surface area contributed by atoms with Crippen LogP contribution in [-0.4, -0.2) is 22.1 Å². The maximum atomic E-state index is 14.7. The average molecular weight is 395 g/mol. The van der Waals surface area contributed by atoms with Gasteiger partial charge in [-0.05, 0) is 26.0 Å². The first kappa shape index (κ1) is 18.5. The van der Waals surface area contributed by atoms with E-state index in [-0.39, 0.29) is 23.4 Å². The van der Waals surface area contributed by atoms with Crippen molar-refractivity contribution >= 4 is 39.8 Å². The van der Waals surface area contributed by atoms with Gasteiger partial charge in [0.2, 0.25) is 5.43 Å². The molecule has 0 amide bonds. The van der Waals surface area contributed by atoms with E-state index in [1.54, 1.807) is 22.9 Å². The van der Waals surface area contributed by atoms with Crippen LogP contribution < -0.4 is 5.43 Å². The van der Waals surface area contributed by atoms with Crippen molar-refractivity contribution in [1.29, 1.82) is 0 Å². The van der Waals surface area contributed by atoms with Crippen LogP contribution in [0.2, 0.25) is 0 Å². The number of hydrogen-bond acceptors (Lipinski definition) is 5. The largest absolute Gasteiger partial charge is 0.462 e. The minimum atomic E-state index is -0.710. The van der Waals surface area contributed by atoms with Gasteiger partial charge in [-0.3, -0.25) is 4.79 Å². The Labute approximate surface area is 158 Å². The van der Waals surface area contributed by atoms with E-state index in [1.165, 1.54) is 17.5 Å². The van der Waals surface area contributed by atoms with Gasteiger partial charge in [-0.2, -0.15) is 0 Å². The highest BCUT2D eigenvalue weighted by Crippen LogP contribution is 2.30. The predicted molar refractivity (Wildman–Crippen MR) is 100 cm³/mol. The number of alkyl halides is 1. The van der Waals surface area contributed by atoms with Gasteiger partial charge < -0.3 is 9.30 Å². The molecule has 0 aliphatic carbocycles. The lowest BCUT2D eigenvalue weighted by Gasteiger charge is -2.12. The van der Waals surface area contributed by atoms with Crippen LogP contribution in [0.15, 0.2) is 28.5 Å². The molecule has 0 spiro atoms. The summed E-state index contributed by atoms with van der Waals surface area (Å²) in [5.41, 5.74) is 0.840. The van der Waals surface area contributed by atoms with Gasteiger partial charge in [-0.1, -0.05) is 0 Å². The summed E-state index contributed by atoms with van der Waals surface area (Å²) in [6, 6.07) is 2.74. The first-order valence-electron chi connectivity index (χ1n) is 8.04. The zero-order chi connectivity index (χ0) is 18.8. The molecule has 136 valence electrons. The van der Waals surface area contributed by atoms with Crippen LogP contribution in [0.5, 0.6) is 0 Å². The van der Waals surface area contributed by atoms with Crippen LogP contribution in [0, 0.1) is 5.82 Å². The van der Waals surface area contributed by atoms with Gasteiger partial charge in [0, 0.05) is 29.1 Å². The number of hydrogen-bond donors (Lipinski definition) is 0. The third-order valence-corrected chi connectivity index (χ3v) is 5.12. The number of fused-ring (bicyclic) bond motifs is 1. The second-order valence-electron chi connectivity index (χ2n) is 5.51. The molecular weight excluding hydrogens is 379 g/mol. The number of ether oxygens (including phenoxy) is 1.